The van der Waals surface area contributed by atoms with Crippen molar-refractivity contribution < 1.29 is 0 Å². The van der Waals surface area contributed by atoms with E-state index in [0.717, 1.165) is 12.5 Å². The molecule has 0 radical (unpaired) electrons. The Hall–Kier alpha value is -0.860. The Morgan fingerprint density at radius 1 is 1.00 bits per heavy atom. The van der Waals surface area contributed by atoms with Crippen LogP contribution in [0.15, 0.2) is 29.6 Å². The van der Waals surface area contributed by atoms with Crippen molar-refractivity contribution in [1.29, 1.82) is 0 Å². The summed E-state index contributed by atoms with van der Waals surface area (Å²) in [7, 11) is 0. The van der Waals surface area contributed by atoms with Gasteiger partial charge in [0, 0.05) is 10.7 Å². The van der Waals surface area contributed by atoms with Crippen molar-refractivity contribution in [3.63, 3.8) is 0 Å². The van der Waals surface area contributed by atoms with Crippen LogP contribution in [0.3, 0.4) is 0 Å². The second kappa shape index (κ2) is 8.55. The highest BCUT2D eigenvalue weighted by Crippen LogP contribution is 2.37. The second-order valence-electron chi connectivity index (χ2n) is 5.96. The number of benzene rings is 1. The average Bonchev–Trinajstić information content (AvgIpc) is 2.92. The molecule has 0 fully saturated rings. The molecule has 1 atom stereocenters. The largest absolute Gasteiger partial charge is 0.310 e. The van der Waals surface area contributed by atoms with Crippen LogP contribution < -0.4 is 5.32 Å². The Balaban J connectivity index is 2.33. The Morgan fingerprint density at radius 3 is 2.38 bits per heavy atom. The average molecular weight is 304 g/mol. The third-order valence-electron chi connectivity index (χ3n) is 4.25. The SMILES string of the molecule is CCCNC(c1csc2ccccc12)C(CCC)CCC. The first-order valence-electron chi connectivity index (χ1n) is 8.51. The molecule has 0 spiro atoms. The van der Waals surface area contributed by atoms with Crippen molar-refractivity contribution in [2.45, 2.75) is 58.9 Å². The van der Waals surface area contributed by atoms with Gasteiger partial charge in [0.15, 0.2) is 0 Å². The molecule has 1 unspecified atom stereocenters. The normalized spacial score (nSPS) is 13.1. The summed E-state index contributed by atoms with van der Waals surface area (Å²) in [5, 5.41) is 7.68. The lowest BCUT2D eigenvalue weighted by molar-refractivity contribution is 0.318. The predicted molar refractivity (Wildman–Crippen MR) is 96.2 cm³/mol. The molecule has 116 valence electrons. The quantitative estimate of drug-likeness (QED) is 0.585. The summed E-state index contributed by atoms with van der Waals surface area (Å²) < 4.78 is 1.42. The van der Waals surface area contributed by atoms with Crippen molar-refractivity contribution >= 4 is 21.4 Å². The van der Waals surface area contributed by atoms with E-state index in [1.807, 2.05) is 11.3 Å². The minimum absolute atomic E-state index is 0.515. The summed E-state index contributed by atoms with van der Waals surface area (Å²) in [6.07, 6.45) is 6.39. The molecule has 0 saturated carbocycles. The van der Waals surface area contributed by atoms with Gasteiger partial charge in [0.05, 0.1) is 0 Å². The third-order valence-corrected chi connectivity index (χ3v) is 5.23. The fourth-order valence-corrected chi connectivity index (χ4v) is 4.29. The number of rotatable bonds is 9. The Morgan fingerprint density at radius 2 is 1.71 bits per heavy atom. The first kappa shape index (κ1) is 16.5. The van der Waals surface area contributed by atoms with E-state index in [4.69, 9.17) is 0 Å². The van der Waals surface area contributed by atoms with E-state index in [-0.39, 0.29) is 0 Å². The van der Waals surface area contributed by atoms with E-state index in [1.54, 1.807) is 0 Å². The Labute approximate surface area is 133 Å². The van der Waals surface area contributed by atoms with Gasteiger partial charge in [-0.25, -0.2) is 0 Å². The number of fused-ring (bicyclic) bond motifs is 1. The molecule has 1 aromatic heterocycles. The maximum atomic E-state index is 3.84. The molecule has 0 aliphatic heterocycles. The summed E-state index contributed by atoms with van der Waals surface area (Å²) in [6, 6.07) is 9.36. The second-order valence-corrected chi connectivity index (χ2v) is 6.87. The van der Waals surface area contributed by atoms with Gasteiger partial charge in [0.2, 0.25) is 0 Å². The van der Waals surface area contributed by atoms with Crippen molar-refractivity contribution in [1.82, 2.24) is 5.32 Å². The van der Waals surface area contributed by atoms with Crippen LogP contribution in [-0.4, -0.2) is 6.54 Å². The number of nitrogens with one attached hydrogen (secondary N) is 1. The fourth-order valence-electron chi connectivity index (χ4n) is 3.29. The van der Waals surface area contributed by atoms with Gasteiger partial charge in [0.1, 0.15) is 0 Å². The summed E-state index contributed by atoms with van der Waals surface area (Å²) in [4.78, 5) is 0. The van der Waals surface area contributed by atoms with Crippen LogP contribution in [0.4, 0.5) is 0 Å². The highest BCUT2D eigenvalue weighted by molar-refractivity contribution is 7.17. The lowest BCUT2D eigenvalue weighted by Crippen LogP contribution is -2.29. The van der Waals surface area contributed by atoms with Gasteiger partial charge in [-0.15, -0.1) is 11.3 Å². The molecule has 0 aliphatic carbocycles. The third kappa shape index (κ3) is 4.08. The van der Waals surface area contributed by atoms with E-state index in [1.165, 1.54) is 47.8 Å². The molecule has 0 bridgehead atoms. The monoisotopic (exact) mass is 303 g/mol. The summed E-state index contributed by atoms with van der Waals surface area (Å²) in [5.74, 6) is 0.754. The summed E-state index contributed by atoms with van der Waals surface area (Å²) in [5.41, 5.74) is 1.52. The molecule has 2 aromatic rings. The van der Waals surface area contributed by atoms with Crippen LogP contribution in [-0.2, 0) is 0 Å². The molecule has 1 heterocycles. The minimum Gasteiger partial charge on any atom is -0.310 e. The molecule has 1 aromatic carbocycles. The van der Waals surface area contributed by atoms with Crippen molar-refractivity contribution in [3.05, 3.63) is 35.2 Å². The molecular weight excluding hydrogens is 274 g/mol. The standard InChI is InChI=1S/C19H29NS/c1-4-9-15(10-5-2)19(20-13-6-3)17-14-21-18-12-8-7-11-16(17)18/h7-8,11-12,14-15,19-20H,4-6,9-10,13H2,1-3H3. The lowest BCUT2D eigenvalue weighted by atomic mass is 9.86. The first-order valence-corrected chi connectivity index (χ1v) is 9.39. The van der Waals surface area contributed by atoms with Gasteiger partial charge < -0.3 is 5.32 Å². The zero-order valence-electron chi connectivity index (χ0n) is 13.7. The molecule has 1 N–H and O–H groups in total. The van der Waals surface area contributed by atoms with Crippen LogP contribution in [0.25, 0.3) is 10.1 Å². The van der Waals surface area contributed by atoms with E-state index >= 15 is 0 Å². The van der Waals surface area contributed by atoms with Gasteiger partial charge in [-0.1, -0.05) is 51.8 Å². The topological polar surface area (TPSA) is 12.0 Å². The van der Waals surface area contributed by atoms with E-state index in [2.05, 4.69) is 55.7 Å². The van der Waals surface area contributed by atoms with Crippen molar-refractivity contribution in [2.24, 2.45) is 5.92 Å². The maximum absolute atomic E-state index is 3.84. The molecule has 2 heteroatoms. The predicted octanol–water partition coefficient (Wildman–Crippen LogP) is 6.16. The van der Waals surface area contributed by atoms with Crippen LogP contribution in [0, 0.1) is 5.92 Å². The first-order chi connectivity index (χ1) is 10.3. The molecule has 0 saturated heterocycles. The molecule has 0 amide bonds. The molecular formula is C19H29NS. The van der Waals surface area contributed by atoms with E-state index < -0.39 is 0 Å². The molecule has 1 nitrogen and oxygen atoms in total. The molecule has 21 heavy (non-hydrogen) atoms. The zero-order valence-corrected chi connectivity index (χ0v) is 14.5. The number of hydrogen-bond donors (Lipinski definition) is 1. The van der Waals surface area contributed by atoms with Crippen molar-refractivity contribution in [3.8, 4) is 0 Å². The zero-order chi connectivity index (χ0) is 15.1. The van der Waals surface area contributed by atoms with Crippen LogP contribution in [0.5, 0.6) is 0 Å². The van der Waals surface area contributed by atoms with Gasteiger partial charge in [-0.3, -0.25) is 0 Å². The maximum Gasteiger partial charge on any atom is 0.0363 e. The lowest BCUT2D eigenvalue weighted by Gasteiger charge is -2.28. The van der Waals surface area contributed by atoms with E-state index in [0.29, 0.717) is 6.04 Å². The summed E-state index contributed by atoms with van der Waals surface area (Å²) >= 11 is 1.89. The van der Waals surface area contributed by atoms with Crippen LogP contribution in [0.1, 0.15) is 64.5 Å². The highest BCUT2D eigenvalue weighted by atomic mass is 32.1. The minimum atomic E-state index is 0.515. The summed E-state index contributed by atoms with van der Waals surface area (Å²) in [6.45, 7) is 7.99. The van der Waals surface area contributed by atoms with E-state index in [9.17, 15) is 0 Å². The fraction of sp³-hybridized carbons (Fsp3) is 0.579. The smallest absolute Gasteiger partial charge is 0.0363 e. The van der Waals surface area contributed by atoms with Gasteiger partial charge in [-0.05, 0) is 54.1 Å². The van der Waals surface area contributed by atoms with Gasteiger partial charge in [-0.2, -0.15) is 0 Å². The molecule has 0 aliphatic rings. The van der Waals surface area contributed by atoms with Crippen LogP contribution in [0.2, 0.25) is 0 Å². The van der Waals surface area contributed by atoms with Crippen LogP contribution >= 0.6 is 11.3 Å². The Kier molecular flexibility index (Phi) is 6.72. The Bertz CT molecular complexity index is 525. The molecule has 2 rings (SSSR count). The van der Waals surface area contributed by atoms with Gasteiger partial charge >= 0.3 is 0 Å². The highest BCUT2D eigenvalue weighted by Gasteiger charge is 2.23. The number of hydrogen-bond acceptors (Lipinski definition) is 2. The van der Waals surface area contributed by atoms with Crippen molar-refractivity contribution in [2.75, 3.05) is 6.54 Å². The number of thiophene rings is 1. The van der Waals surface area contributed by atoms with Gasteiger partial charge in [0.25, 0.3) is 0 Å².